The van der Waals surface area contributed by atoms with Gasteiger partial charge in [0.1, 0.15) is 17.4 Å². The number of nitrogens with zero attached hydrogens (tertiary/aromatic N) is 2. The van der Waals surface area contributed by atoms with Crippen molar-refractivity contribution >= 4 is 22.6 Å². The van der Waals surface area contributed by atoms with Gasteiger partial charge in [-0.2, -0.15) is 0 Å². The summed E-state index contributed by atoms with van der Waals surface area (Å²) in [6, 6.07) is 12.2. The summed E-state index contributed by atoms with van der Waals surface area (Å²) in [5.74, 6) is 1.57. The molecule has 3 aromatic rings. The fraction of sp³-hybridized carbons (Fsp3) is 0.188. The summed E-state index contributed by atoms with van der Waals surface area (Å²) in [7, 11) is 1.60. The van der Waals surface area contributed by atoms with Crippen molar-refractivity contribution in [2.45, 2.75) is 6.42 Å². The first kappa shape index (κ1) is 13.9. The van der Waals surface area contributed by atoms with E-state index < -0.39 is 0 Å². The second-order valence-electron chi connectivity index (χ2n) is 4.61. The van der Waals surface area contributed by atoms with Gasteiger partial charge in [0.15, 0.2) is 0 Å². The number of aromatic nitrogens is 2. The van der Waals surface area contributed by atoms with Crippen LogP contribution in [0.5, 0.6) is 5.75 Å². The fourth-order valence-corrected chi connectivity index (χ4v) is 2.56. The lowest BCUT2D eigenvalue weighted by molar-refractivity contribution is 0.415. The molecule has 0 atom stereocenters. The average molecular weight is 305 g/mol. The average Bonchev–Trinajstić information content (AvgIpc) is 2.85. The number of aryl methyl sites for hydroxylation is 1. The van der Waals surface area contributed by atoms with Crippen LogP contribution in [-0.4, -0.2) is 22.5 Å². The molecule has 0 radical (unpaired) electrons. The number of hydrogen-bond acceptors (Lipinski definition) is 2. The summed E-state index contributed by atoms with van der Waals surface area (Å²) in [5.41, 5.74) is 2.06. The highest BCUT2D eigenvalue weighted by molar-refractivity contribution is 6.17. The van der Waals surface area contributed by atoms with E-state index >= 15 is 0 Å². The van der Waals surface area contributed by atoms with Crippen molar-refractivity contribution in [3.8, 4) is 11.4 Å². The Hall–Kier alpha value is -2.07. The van der Waals surface area contributed by atoms with E-state index in [9.17, 15) is 4.39 Å². The maximum Gasteiger partial charge on any atom is 0.147 e. The van der Waals surface area contributed by atoms with Crippen LogP contribution in [0.25, 0.3) is 16.7 Å². The number of hydrogen-bond donors (Lipinski definition) is 0. The summed E-state index contributed by atoms with van der Waals surface area (Å²) in [6.45, 7) is 0. The van der Waals surface area contributed by atoms with Crippen LogP contribution < -0.4 is 4.74 Å². The number of benzene rings is 2. The van der Waals surface area contributed by atoms with E-state index in [4.69, 9.17) is 16.3 Å². The van der Waals surface area contributed by atoms with E-state index in [0.717, 1.165) is 16.9 Å². The van der Waals surface area contributed by atoms with Gasteiger partial charge in [-0.25, -0.2) is 9.37 Å². The maximum atomic E-state index is 14.2. The summed E-state index contributed by atoms with van der Waals surface area (Å²) in [5, 5.41) is 0. The van der Waals surface area contributed by atoms with Gasteiger partial charge in [-0.15, -0.1) is 11.6 Å². The van der Waals surface area contributed by atoms with Crippen molar-refractivity contribution in [2.75, 3.05) is 13.0 Å². The first-order valence-corrected chi connectivity index (χ1v) is 7.14. The van der Waals surface area contributed by atoms with Crippen LogP contribution in [0.3, 0.4) is 0 Å². The second kappa shape index (κ2) is 5.74. The largest absolute Gasteiger partial charge is 0.497 e. The van der Waals surface area contributed by atoms with Crippen molar-refractivity contribution in [3.05, 3.63) is 54.1 Å². The number of para-hydroxylation sites is 1. The van der Waals surface area contributed by atoms with Crippen molar-refractivity contribution in [1.82, 2.24) is 9.55 Å². The molecule has 3 nitrogen and oxygen atoms in total. The molecule has 1 heterocycles. The van der Waals surface area contributed by atoms with E-state index in [0.29, 0.717) is 23.7 Å². The van der Waals surface area contributed by atoms with Crippen LogP contribution in [0.4, 0.5) is 4.39 Å². The summed E-state index contributed by atoms with van der Waals surface area (Å²) < 4.78 is 21.2. The zero-order valence-electron chi connectivity index (χ0n) is 11.5. The molecule has 0 saturated carbocycles. The third-order valence-corrected chi connectivity index (χ3v) is 3.53. The third-order valence-electron chi connectivity index (χ3n) is 3.34. The Labute approximate surface area is 126 Å². The lowest BCUT2D eigenvalue weighted by Crippen LogP contribution is -2.04. The number of methoxy groups -OCH3 is 1. The molecule has 21 heavy (non-hydrogen) atoms. The molecule has 0 saturated heterocycles. The van der Waals surface area contributed by atoms with Crippen molar-refractivity contribution in [1.29, 1.82) is 0 Å². The number of fused-ring (bicyclic) bond motifs is 1. The molecule has 5 heteroatoms. The lowest BCUT2D eigenvalue weighted by Gasteiger charge is -2.10. The normalized spacial score (nSPS) is 11.0. The van der Waals surface area contributed by atoms with Gasteiger partial charge in [0, 0.05) is 18.4 Å². The van der Waals surface area contributed by atoms with Crippen LogP contribution in [0, 0.1) is 5.82 Å². The van der Waals surface area contributed by atoms with Gasteiger partial charge in [0.05, 0.1) is 23.8 Å². The minimum Gasteiger partial charge on any atom is -0.497 e. The summed E-state index contributed by atoms with van der Waals surface area (Å²) >= 11 is 5.85. The quantitative estimate of drug-likeness (QED) is 0.682. The SMILES string of the molecule is COc1ccc2nc(CCCl)n(-c3ccccc3F)c2c1. The Balaban J connectivity index is 2.31. The minimum atomic E-state index is -0.296. The van der Waals surface area contributed by atoms with Crippen LogP contribution >= 0.6 is 11.6 Å². The zero-order chi connectivity index (χ0) is 14.8. The van der Waals surface area contributed by atoms with E-state index in [2.05, 4.69) is 4.98 Å². The van der Waals surface area contributed by atoms with Crippen LogP contribution in [0.15, 0.2) is 42.5 Å². The van der Waals surface area contributed by atoms with Gasteiger partial charge >= 0.3 is 0 Å². The van der Waals surface area contributed by atoms with E-state index in [1.807, 2.05) is 18.2 Å². The molecule has 0 bridgehead atoms. The highest BCUT2D eigenvalue weighted by Crippen LogP contribution is 2.27. The Morgan fingerprint density at radius 1 is 1.24 bits per heavy atom. The van der Waals surface area contributed by atoms with Crippen LogP contribution in [-0.2, 0) is 6.42 Å². The molecule has 108 valence electrons. The lowest BCUT2D eigenvalue weighted by atomic mass is 10.2. The topological polar surface area (TPSA) is 27.1 Å². The molecule has 3 rings (SSSR count). The van der Waals surface area contributed by atoms with Gasteiger partial charge in [0.25, 0.3) is 0 Å². The molecule has 0 spiro atoms. The van der Waals surface area contributed by atoms with Gasteiger partial charge in [0.2, 0.25) is 0 Å². The smallest absolute Gasteiger partial charge is 0.147 e. The summed E-state index contributed by atoms with van der Waals surface area (Å²) in [6.07, 6.45) is 0.562. The Morgan fingerprint density at radius 2 is 2.05 bits per heavy atom. The molecule has 2 aromatic carbocycles. The van der Waals surface area contributed by atoms with E-state index in [1.165, 1.54) is 6.07 Å². The molecule has 0 aliphatic heterocycles. The number of ether oxygens (including phenoxy) is 1. The van der Waals surface area contributed by atoms with Gasteiger partial charge in [-0.05, 0) is 24.3 Å². The Morgan fingerprint density at radius 3 is 2.76 bits per heavy atom. The van der Waals surface area contributed by atoms with Crippen LogP contribution in [0.1, 0.15) is 5.82 Å². The van der Waals surface area contributed by atoms with Crippen molar-refractivity contribution < 1.29 is 9.13 Å². The first-order valence-electron chi connectivity index (χ1n) is 6.61. The molecule has 0 aliphatic rings. The second-order valence-corrected chi connectivity index (χ2v) is 4.99. The van der Waals surface area contributed by atoms with Gasteiger partial charge in [-0.1, -0.05) is 12.1 Å². The van der Waals surface area contributed by atoms with Gasteiger partial charge < -0.3 is 4.74 Å². The molecule has 0 N–H and O–H groups in total. The van der Waals surface area contributed by atoms with Gasteiger partial charge in [-0.3, -0.25) is 4.57 Å². The first-order chi connectivity index (χ1) is 10.2. The third kappa shape index (κ3) is 2.47. The van der Waals surface area contributed by atoms with Crippen molar-refractivity contribution in [2.24, 2.45) is 0 Å². The molecule has 0 aliphatic carbocycles. The van der Waals surface area contributed by atoms with Crippen molar-refractivity contribution in [3.63, 3.8) is 0 Å². The zero-order valence-corrected chi connectivity index (χ0v) is 12.3. The Bertz CT molecular complexity index is 785. The molecule has 0 amide bonds. The summed E-state index contributed by atoms with van der Waals surface area (Å²) in [4.78, 5) is 4.55. The number of rotatable bonds is 4. The molecular formula is C16H14ClFN2O. The predicted molar refractivity (Wildman–Crippen MR) is 82.0 cm³/mol. The van der Waals surface area contributed by atoms with E-state index in [1.54, 1.807) is 29.9 Å². The minimum absolute atomic E-state index is 0.296. The highest BCUT2D eigenvalue weighted by Gasteiger charge is 2.15. The standard InChI is InChI=1S/C16H14ClFN2O/c1-21-11-6-7-13-15(10-11)20(16(19-13)8-9-17)14-5-3-2-4-12(14)18/h2-7,10H,8-9H2,1H3. The number of halogens is 2. The fourth-order valence-electron chi connectivity index (χ4n) is 2.39. The number of alkyl halides is 1. The number of imidazole rings is 1. The molecule has 1 aromatic heterocycles. The van der Waals surface area contributed by atoms with E-state index in [-0.39, 0.29) is 5.82 Å². The molecular weight excluding hydrogens is 291 g/mol. The Kier molecular flexibility index (Phi) is 3.80. The van der Waals surface area contributed by atoms with Crippen LogP contribution in [0.2, 0.25) is 0 Å². The molecule has 0 unspecified atom stereocenters. The molecule has 0 fully saturated rings. The monoisotopic (exact) mass is 304 g/mol. The predicted octanol–water partition coefficient (Wildman–Crippen LogP) is 3.95. The maximum absolute atomic E-state index is 14.2. The highest BCUT2D eigenvalue weighted by atomic mass is 35.5.